The lowest BCUT2D eigenvalue weighted by molar-refractivity contribution is 0.513. The molecule has 94 valence electrons. The van der Waals surface area contributed by atoms with Crippen molar-refractivity contribution in [2.24, 2.45) is 0 Å². The highest BCUT2D eigenvalue weighted by atomic mass is 16.3. The van der Waals surface area contributed by atoms with Gasteiger partial charge in [-0.1, -0.05) is 6.58 Å². The van der Waals surface area contributed by atoms with E-state index in [1.165, 1.54) is 0 Å². The van der Waals surface area contributed by atoms with Gasteiger partial charge in [0.05, 0.1) is 5.56 Å². The van der Waals surface area contributed by atoms with E-state index in [0.717, 1.165) is 16.8 Å². The highest BCUT2D eigenvalue weighted by molar-refractivity contribution is 5.80. The third-order valence-corrected chi connectivity index (χ3v) is 2.96. The van der Waals surface area contributed by atoms with Gasteiger partial charge in [0.1, 0.15) is 11.3 Å². The highest BCUT2D eigenvalue weighted by Gasteiger charge is 2.11. The number of aliphatic hydroxyl groups is 1. The SMILES string of the molecule is C=C(O)c1ccc2nc(-c3cccnc3C)oc2c1. The molecule has 0 saturated carbocycles. The minimum absolute atomic E-state index is 0.0115. The van der Waals surface area contributed by atoms with Crippen molar-refractivity contribution in [2.45, 2.75) is 6.92 Å². The molecule has 0 unspecified atom stereocenters. The molecule has 0 saturated heterocycles. The molecule has 0 radical (unpaired) electrons. The number of aromatic nitrogens is 2. The van der Waals surface area contributed by atoms with Crippen molar-refractivity contribution < 1.29 is 9.52 Å². The van der Waals surface area contributed by atoms with E-state index in [1.54, 1.807) is 24.4 Å². The van der Waals surface area contributed by atoms with Crippen molar-refractivity contribution in [3.05, 3.63) is 54.4 Å². The molecule has 2 heterocycles. The zero-order valence-electron chi connectivity index (χ0n) is 10.4. The molecule has 0 spiro atoms. The summed E-state index contributed by atoms with van der Waals surface area (Å²) in [6, 6.07) is 9.04. The maximum Gasteiger partial charge on any atom is 0.229 e. The van der Waals surface area contributed by atoms with Crippen LogP contribution in [0.5, 0.6) is 0 Å². The van der Waals surface area contributed by atoms with Gasteiger partial charge < -0.3 is 9.52 Å². The van der Waals surface area contributed by atoms with E-state index in [-0.39, 0.29) is 5.76 Å². The number of hydrogen-bond acceptors (Lipinski definition) is 4. The van der Waals surface area contributed by atoms with Gasteiger partial charge in [-0.3, -0.25) is 4.98 Å². The zero-order chi connectivity index (χ0) is 13.4. The van der Waals surface area contributed by atoms with Crippen molar-refractivity contribution >= 4 is 16.9 Å². The Kier molecular flexibility index (Phi) is 2.56. The Morgan fingerprint density at radius 2 is 2.16 bits per heavy atom. The number of rotatable bonds is 2. The topological polar surface area (TPSA) is 59.2 Å². The van der Waals surface area contributed by atoms with Crippen LogP contribution in [0.4, 0.5) is 0 Å². The summed E-state index contributed by atoms with van der Waals surface area (Å²) in [7, 11) is 0. The van der Waals surface area contributed by atoms with E-state index in [1.807, 2.05) is 19.1 Å². The summed E-state index contributed by atoms with van der Waals surface area (Å²) in [5.74, 6) is 0.540. The van der Waals surface area contributed by atoms with Crippen LogP contribution in [0.15, 0.2) is 47.5 Å². The second-order valence-corrected chi connectivity index (χ2v) is 4.28. The minimum Gasteiger partial charge on any atom is -0.508 e. The number of hydrogen-bond donors (Lipinski definition) is 1. The molecule has 0 fully saturated rings. The number of oxazole rings is 1. The van der Waals surface area contributed by atoms with Crippen LogP contribution >= 0.6 is 0 Å². The van der Waals surface area contributed by atoms with Crippen molar-refractivity contribution in [2.75, 3.05) is 0 Å². The van der Waals surface area contributed by atoms with Gasteiger partial charge >= 0.3 is 0 Å². The second kappa shape index (κ2) is 4.24. The standard InChI is InChI=1S/C15H12N2O2/c1-9-12(4-3-7-16-9)15-17-13-6-5-11(10(2)18)8-14(13)19-15/h3-8,18H,2H2,1H3. The van der Waals surface area contributed by atoms with Gasteiger partial charge in [0, 0.05) is 17.5 Å². The molecular weight excluding hydrogens is 240 g/mol. The maximum absolute atomic E-state index is 9.38. The number of benzene rings is 1. The Bertz CT molecular complexity index is 775. The van der Waals surface area contributed by atoms with E-state index in [9.17, 15) is 5.11 Å². The average Bonchev–Trinajstić information content (AvgIpc) is 2.81. The normalized spacial score (nSPS) is 10.8. The highest BCUT2D eigenvalue weighted by Crippen LogP contribution is 2.27. The fraction of sp³-hybridized carbons (Fsp3) is 0.0667. The predicted octanol–water partition coefficient (Wildman–Crippen LogP) is 3.73. The van der Waals surface area contributed by atoms with Crippen LogP contribution < -0.4 is 0 Å². The van der Waals surface area contributed by atoms with Crippen LogP contribution in [-0.4, -0.2) is 15.1 Å². The van der Waals surface area contributed by atoms with E-state index >= 15 is 0 Å². The smallest absolute Gasteiger partial charge is 0.229 e. The first-order valence-corrected chi connectivity index (χ1v) is 5.86. The van der Waals surface area contributed by atoms with Crippen molar-refractivity contribution in [1.82, 2.24) is 9.97 Å². The maximum atomic E-state index is 9.38. The van der Waals surface area contributed by atoms with Gasteiger partial charge in [0.15, 0.2) is 5.58 Å². The molecule has 0 atom stereocenters. The predicted molar refractivity (Wildman–Crippen MR) is 73.6 cm³/mol. The van der Waals surface area contributed by atoms with Gasteiger partial charge in [-0.05, 0) is 37.3 Å². The molecule has 0 bridgehead atoms. The number of fused-ring (bicyclic) bond motifs is 1. The summed E-state index contributed by atoms with van der Waals surface area (Å²) in [4.78, 5) is 8.64. The summed E-state index contributed by atoms with van der Waals surface area (Å²) >= 11 is 0. The van der Waals surface area contributed by atoms with Crippen molar-refractivity contribution in [1.29, 1.82) is 0 Å². The second-order valence-electron chi connectivity index (χ2n) is 4.28. The Balaban J connectivity index is 2.17. The molecule has 3 aromatic rings. The van der Waals surface area contributed by atoms with E-state index < -0.39 is 0 Å². The molecule has 4 heteroatoms. The molecule has 0 aliphatic carbocycles. The van der Waals surface area contributed by atoms with Gasteiger partial charge in [-0.25, -0.2) is 4.98 Å². The summed E-state index contributed by atoms with van der Waals surface area (Å²) in [6.45, 7) is 5.40. The fourth-order valence-corrected chi connectivity index (χ4v) is 1.93. The lowest BCUT2D eigenvalue weighted by atomic mass is 10.2. The van der Waals surface area contributed by atoms with E-state index in [4.69, 9.17) is 4.42 Å². The van der Waals surface area contributed by atoms with Crippen LogP contribution in [-0.2, 0) is 0 Å². The molecule has 2 aromatic heterocycles. The van der Waals surface area contributed by atoms with Crippen LogP contribution in [0.3, 0.4) is 0 Å². The fourth-order valence-electron chi connectivity index (χ4n) is 1.93. The number of nitrogens with zero attached hydrogens (tertiary/aromatic N) is 2. The Labute approximate surface area is 110 Å². The lowest BCUT2D eigenvalue weighted by Gasteiger charge is -1.98. The van der Waals surface area contributed by atoms with Crippen LogP contribution in [0.25, 0.3) is 28.3 Å². The molecular formula is C15H12N2O2. The molecule has 19 heavy (non-hydrogen) atoms. The molecule has 0 amide bonds. The van der Waals surface area contributed by atoms with E-state index in [2.05, 4.69) is 16.5 Å². The summed E-state index contributed by atoms with van der Waals surface area (Å²) in [5.41, 5.74) is 3.70. The van der Waals surface area contributed by atoms with Gasteiger partial charge in [-0.15, -0.1) is 0 Å². The molecule has 3 rings (SSSR count). The Morgan fingerprint density at radius 3 is 2.89 bits per heavy atom. The average molecular weight is 252 g/mol. The van der Waals surface area contributed by atoms with Crippen molar-refractivity contribution in [3.63, 3.8) is 0 Å². The number of pyridine rings is 1. The third-order valence-electron chi connectivity index (χ3n) is 2.96. The first-order chi connectivity index (χ1) is 9.15. The third kappa shape index (κ3) is 1.97. The molecule has 0 aliphatic rings. The molecule has 1 aromatic carbocycles. The van der Waals surface area contributed by atoms with Gasteiger partial charge in [0.2, 0.25) is 5.89 Å². The van der Waals surface area contributed by atoms with Crippen LogP contribution in [0.1, 0.15) is 11.3 Å². The molecule has 1 N–H and O–H groups in total. The quantitative estimate of drug-likeness (QED) is 0.706. The van der Waals surface area contributed by atoms with Crippen LogP contribution in [0.2, 0.25) is 0 Å². The van der Waals surface area contributed by atoms with Gasteiger partial charge in [0.25, 0.3) is 0 Å². The van der Waals surface area contributed by atoms with E-state index in [0.29, 0.717) is 17.0 Å². The number of aryl methyl sites for hydroxylation is 1. The van der Waals surface area contributed by atoms with Crippen LogP contribution in [0, 0.1) is 6.92 Å². The molecule has 0 aliphatic heterocycles. The molecule has 4 nitrogen and oxygen atoms in total. The number of aliphatic hydroxyl groups excluding tert-OH is 1. The minimum atomic E-state index is 0.0115. The first-order valence-electron chi connectivity index (χ1n) is 5.86. The summed E-state index contributed by atoms with van der Waals surface area (Å²) in [6.07, 6.45) is 1.73. The summed E-state index contributed by atoms with van der Waals surface area (Å²) in [5, 5.41) is 9.38. The Hall–Kier alpha value is -2.62. The Morgan fingerprint density at radius 1 is 1.32 bits per heavy atom. The summed E-state index contributed by atoms with van der Waals surface area (Å²) < 4.78 is 5.72. The first kappa shape index (κ1) is 11.5. The lowest BCUT2D eigenvalue weighted by Crippen LogP contribution is -1.85. The monoisotopic (exact) mass is 252 g/mol. The van der Waals surface area contributed by atoms with Gasteiger partial charge in [-0.2, -0.15) is 0 Å². The van der Waals surface area contributed by atoms with Crippen molar-refractivity contribution in [3.8, 4) is 11.5 Å². The largest absolute Gasteiger partial charge is 0.508 e. The zero-order valence-corrected chi connectivity index (χ0v) is 10.4.